The van der Waals surface area contributed by atoms with Crippen molar-refractivity contribution in [1.82, 2.24) is 15.0 Å². The Hall–Kier alpha value is -4.56. The zero-order valence-electron chi connectivity index (χ0n) is 21.2. The van der Waals surface area contributed by atoms with Gasteiger partial charge in [0.25, 0.3) is 0 Å². The predicted octanol–water partition coefficient (Wildman–Crippen LogP) is 2.21. The molecule has 206 valence electrons. The largest absolute Gasteiger partial charge is 0.510 e. The first kappa shape index (κ1) is 27.5. The standard InChI is InChI=1S/C25H28FN7O6/c1-14(34)16-8-17(19(26)9-20(16)28)22-21-23(39-32-24(21)29)18(12-31-22)15(10-27)11-30-13-38-25(35)37-7-4-33-2-5-36-6-3-33/h8-12H,2-7,13,27-28H2,1H3,(H2,29,32). The van der Waals surface area contributed by atoms with Gasteiger partial charge in [0, 0.05) is 66.2 Å². The molecule has 1 fully saturated rings. The molecule has 0 saturated carbocycles. The quantitative estimate of drug-likeness (QED) is 0.155. The highest BCUT2D eigenvalue weighted by Gasteiger charge is 2.22. The summed E-state index contributed by atoms with van der Waals surface area (Å²) in [5, 5.41) is 3.99. The van der Waals surface area contributed by atoms with E-state index in [1.54, 1.807) is 0 Å². The van der Waals surface area contributed by atoms with E-state index in [9.17, 15) is 14.0 Å². The molecule has 0 bridgehead atoms. The number of nitrogens with zero attached hydrogens (tertiary/aromatic N) is 4. The lowest BCUT2D eigenvalue weighted by atomic mass is 9.99. The number of carbonyl (C=O) groups is 2. The van der Waals surface area contributed by atoms with Gasteiger partial charge in [-0.25, -0.2) is 9.18 Å². The van der Waals surface area contributed by atoms with Crippen LogP contribution >= 0.6 is 0 Å². The molecule has 39 heavy (non-hydrogen) atoms. The molecule has 3 aromatic rings. The van der Waals surface area contributed by atoms with Crippen LogP contribution in [0.1, 0.15) is 22.8 Å². The number of aromatic nitrogens is 2. The highest BCUT2D eigenvalue weighted by molar-refractivity contribution is 6.16. The van der Waals surface area contributed by atoms with Crippen LogP contribution in [0.15, 0.2) is 34.0 Å². The SMILES string of the molecule is CC(=O)c1cc(-c2ncc(C(C=NCOC(=O)OCCN3CCOCC3)=CN)c3onc(N)c23)c(F)cc1N. The summed E-state index contributed by atoms with van der Waals surface area (Å²) in [7, 11) is 0. The molecule has 13 nitrogen and oxygen atoms in total. The third-order valence-electron chi connectivity index (χ3n) is 6.01. The van der Waals surface area contributed by atoms with Gasteiger partial charge in [-0.3, -0.25) is 19.7 Å². The molecule has 1 aromatic carbocycles. The minimum absolute atomic E-state index is 0.00247. The van der Waals surface area contributed by atoms with E-state index in [-0.39, 0.29) is 58.4 Å². The Bertz CT molecular complexity index is 1430. The van der Waals surface area contributed by atoms with Crippen LogP contribution in [0.5, 0.6) is 0 Å². The third kappa shape index (κ3) is 6.30. The van der Waals surface area contributed by atoms with Crippen LogP contribution in [-0.2, 0) is 14.2 Å². The molecule has 6 N–H and O–H groups in total. The van der Waals surface area contributed by atoms with Crippen LogP contribution in [0.3, 0.4) is 0 Å². The zero-order valence-corrected chi connectivity index (χ0v) is 21.2. The number of ether oxygens (including phenoxy) is 3. The minimum Gasteiger partial charge on any atom is -0.433 e. The van der Waals surface area contributed by atoms with Gasteiger partial charge in [0.15, 0.2) is 23.9 Å². The summed E-state index contributed by atoms with van der Waals surface area (Å²) in [5.74, 6) is -1.09. The topological polar surface area (TPSA) is 194 Å². The van der Waals surface area contributed by atoms with E-state index in [2.05, 4.69) is 20.0 Å². The maximum absolute atomic E-state index is 14.9. The Morgan fingerprint density at radius 1 is 1.21 bits per heavy atom. The number of nitrogens with two attached hydrogens (primary N) is 3. The summed E-state index contributed by atoms with van der Waals surface area (Å²) in [4.78, 5) is 34.3. The van der Waals surface area contributed by atoms with Gasteiger partial charge >= 0.3 is 6.16 Å². The highest BCUT2D eigenvalue weighted by atomic mass is 19.1. The van der Waals surface area contributed by atoms with Crippen LogP contribution in [0.25, 0.3) is 27.8 Å². The molecule has 0 unspecified atom stereocenters. The van der Waals surface area contributed by atoms with Crippen molar-refractivity contribution >= 4 is 46.2 Å². The number of nitrogen functional groups attached to an aromatic ring is 2. The van der Waals surface area contributed by atoms with E-state index in [4.69, 9.17) is 35.9 Å². The van der Waals surface area contributed by atoms with Gasteiger partial charge in [0.1, 0.15) is 12.4 Å². The number of morpholine rings is 1. The highest BCUT2D eigenvalue weighted by Crippen LogP contribution is 2.37. The number of halogens is 1. The minimum atomic E-state index is -0.856. The molecule has 4 rings (SSSR count). The summed E-state index contributed by atoms with van der Waals surface area (Å²) >= 11 is 0. The van der Waals surface area contributed by atoms with E-state index in [1.165, 1.54) is 31.6 Å². The van der Waals surface area contributed by atoms with Crippen molar-refractivity contribution in [2.45, 2.75) is 6.92 Å². The number of Topliss-reactive ketones (excluding diaryl/α,β-unsaturated/α-hetero) is 1. The zero-order chi connectivity index (χ0) is 27.9. The van der Waals surface area contributed by atoms with Crippen molar-refractivity contribution in [3.05, 3.63) is 41.5 Å². The fraction of sp³-hybridized carbons (Fsp3) is 0.320. The number of anilines is 2. The Morgan fingerprint density at radius 3 is 2.69 bits per heavy atom. The smallest absolute Gasteiger partial charge is 0.433 e. The van der Waals surface area contributed by atoms with Gasteiger partial charge in [-0.1, -0.05) is 5.16 Å². The lowest BCUT2D eigenvalue weighted by Gasteiger charge is -2.25. The van der Waals surface area contributed by atoms with Crippen LogP contribution in [0.2, 0.25) is 0 Å². The number of rotatable bonds is 9. The second-order valence-electron chi connectivity index (χ2n) is 8.53. The molecule has 3 heterocycles. The van der Waals surface area contributed by atoms with Crippen molar-refractivity contribution in [3.63, 3.8) is 0 Å². The molecule has 0 radical (unpaired) electrons. The number of hydrogen-bond acceptors (Lipinski definition) is 13. The Balaban J connectivity index is 1.47. The van der Waals surface area contributed by atoms with E-state index < -0.39 is 12.0 Å². The molecule has 0 aliphatic carbocycles. The van der Waals surface area contributed by atoms with E-state index in [0.29, 0.717) is 30.9 Å². The average molecular weight is 542 g/mol. The third-order valence-corrected chi connectivity index (χ3v) is 6.01. The molecule has 1 aliphatic heterocycles. The average Bonchev–Trinajstić information content (AvgIpc) is 3.31. The fourth-order valence-electron chi connectivity index (χ4n) is 4.00. The molecule has 14 heteroatoms. The molecule has 0 amide bonds. The summed E-state index contributed by atoms with van der Waals surface area (Å²) in [5.41, 5.74) is 18.7. The van der Waals surface area contributed by atoms with Crippen LogP contribution in [-0.4, -0.2) is 79.4 Å². The van der Waals surface area contributed by atoms with Crippen molar-refractivity contribution in [3.8, 4) is 11.3 Å². The van der Waals surface area contributed by atoms with Crippen LogP contribution in [0, 0.1) is 5.82 Å². The summed E-state index contributed by atoms with van der Waals surface area (Å²) in [6, 6.07) is 2.35. The number of ketones is 1. The molecule has 2 aromatic heterocycles. The van der Waals surface area contributed by atoms with Gasteiger partial charge < -0.3 is 35.9 Å². The lowest BCUT2D eigenvalue weighted by Crippen LogP contribution is -2.38. The second kappa shape index (κ2) is 12.3. The van der Waals surface area contributed by atoms with Crippen molar-refractivity contribution < 1.29 is 32.7 Å². The Kier molecular flexibility index (Phi) is 8.68. The maximum atomic E-state index is 14.9. The molecular weight excluding hydrogens is 513 g/mol. The Morgan fingerprint density at radius 2 is 1.97 bits per heavy atom. The van der Waals surface area contributed by atoms with Crippen molar-refractivity contribution in [2.75, 3.05) is 57.7 Å². The molecule has 0 spiro atoms. The Labute approximate surface area is 222 Å². The first-order chi connectivity index (χ1) is 18.8. The van der Waals surface area contributed by atoms with Crippen LogP contribution in [0.4, 0.5) is 20.7 Å². The van der Waals surface area contributed by atoms with E-state index in [1.807, 2.05) is 0 Å². The lowest BCUT2D eigenvalue weighted by molar-refractivity contribution is 0.0165. The van der Waals surface area contributed by atoms with E-state index >= 15 is 0 Å². The number of allylic oxidation sites excluding steroid dienone is 1. The first-order valence-electron chi connectivity index (χ1n) is 12.0. The first-order valence-corrected chi connectivity index (χ1v) is 12.0. The van der Waals surface area contributed by atoms with Crippen molar-refractivity contribution in [2.24, 2.45) is 10.7 Å². The second-order valence-corrected chi connectivity index (χ2v) is 8.53. The van der Waals surface area contributed by atoms with Gasteiger partial charge in [-0.2, -0.15) is 0 Å². The maximum Gasteiger partial charge on any atom is 0.510 e. The molecule has 1 aliphatic rings. The van der Waals surface area contributed by atoms with Gasteiger partial charge in [0.05, 0.1) is 24.3 Å². The number of pyridine rings is 1. The number of hydrogen-bond donors (Lipinski definition) is 3. The van der Waals surface area contributed by atoms with E-state index in [0.717, 1.165) is 19.2 Å². The van der Waals surface area contributed by atoms with Gasteiger partial charge in [0.2, 0.25) is 0 Å². The van der Waals surface area contributed by atoms with Crippen LogP contribution < -0.4 is 17.2 Å². The molecular formula is C25H28FN7O6. The summed E-state index contributed by atoms with van der Waals surface area (Å²) in [6.07, 6.45) is 3.09. The number of carbonyl (C=O) groups excluding carboxylic acids is 2. The summed E-state index contributed by atoms with van der Waals surface area (Å²) < 4.78 is 35.6. The summed E-state index contributed by atoms with van der Waals surface area (Å²) in [6.45, 7) is 4.63. The number of benzene rings is 1. The normalized spacial score (nSPS) is 14.7. The predicted molar refractivity (Wildman–Crippen MR) is 141 cm³/mol. The van der Waals surface area contributed by atoms with Gasteiger partial charge in [-0.05, 0) is 19.1 Å². The molecule has 0 atom stereocenters. The number of aliphatic imine (C=N–C) groups is 1. The van der Waals surface area contributed by atoms with Gasteiger partial charge in [-0.15, -0.1) is 0 Å². The van der Waals surface area contributed by atoms with Crippen molar-refractivity contribution in [1.29, 1.82) is 0 Å². The number of fused-ring (bicyclic) bond motifs is 1. The monoisotopic (exact) mass is 541 g/mol. The molecule has 1 saturated heterocycles. The fourth-order valence-corrected chi connectivity index (χ4v) is 4.00.